The molecular weight excluding hydrogens is 290 g/mol. The largest absolute Gasteiger partial charge is 0.309 e. The lowest BCUT2D eigenvalue weighted by Gasteiger charge is -2.20. The number of benzene rings is 1. The molecule has 0 saturated carbocycles. The van der Waals surface area contributed by atoms with Gasteiger partial charge in [-0.25, -0.2) is 0 Å². The number of fused-ring (bicyclic) bond motifs is 1. The summed E-state index contributed by atoms with van der Waals surface area (Å²) in [5.74, 6) is 0.704. The second kappa shape index (κ2) is 6.00. The predicted octanol–water partition coefficient (Wildman–Crippen LogP) is 2.64. The molecule has 0 unspecified atom stereocenters. The molecule has 3 aromatic rings. The van der Waals surface area contributed by atoms with Crippen LogP contribution in [0.1, 0.15) is 12.7 Å². The summed E-state index contributed by atoms with van der Waals surface area (Å²) < 4.78 is 1.70. The first-order valence-corrected chi connectivity index (χ1v) is 7.28. The number of rotatable bonds is 4. The number of hydrogen-bond donors (Lipinski definition) is 0. The summed E-state index contributed by atoms with van der Waals surface area (Å²) in [5, 5.41) is 12.6. The van der Waals surface area contributed by atoms with Crippen LogP contribution < -0.4 is 4.90 Å². The number of amides is 1. The Labute approximate surface area is 134 Å². The van der Waals surface area contributed by atoms with E-state index in [1.165, 1.54) is 0 Å². The van der Waals surface area contributed by atoms with Crippen molar-refractivity contribution < 1.29 is 4.79 Å². The van der Waals surface area contributed by atoms with Gasteiger partial charge in [-0.3, -0.25) is 4.79 Å². The van der Waals surface area contributed by atoms with Crippen molar-refractivity contribution >= 4 is 17.2 Å². The van der Waals surface area contributed by atoms with Gasteiger partial charge in [0.2, 0.25) is 5.91 Å². The van der Waals surface area contributed by atoms with E-state index in [-0.39, 0.29) is 5.91 Å². The minimum Gasteiger partial charge on any atom is -0.309 e. The zero-order chi connectivity index (χ0) is 16.4. The monoisotopic (exact) mass is 307 g/mol. The lowest BCUT2D eigenvalue weighted by molar-refractivity contribution is -0.116. The van der Waals surface area contributed by atoms with Crippen molar-refractivity contribution in [1.29, 1.82) is 0 Å². The molecule has 1 aromatic carbocycles. The number of anilines is 1. The molecule has 3 rings (SSSR count). The van der Waals surface area contributed by atoms with Gasteiger partial charge < -0.3 is 4.90 Å². The van der Waals surface area contributed by atoms with Gasteiger partial charge >= 0.3 is 0 Å². The van der Waals surface area contributed by atoms with Crippen LogP contribution in [0.4, 0.5) is 5.69 Å². The average Bonchev–Trinajstić information content (AvgIpc) is 2.93. The van der Waals surface area contributed by atoms with Gasteiger partial charge in [-0.1, -0.05) is 18.2 Å². The van der Waals surface area contributed by atoms with E-state index < -0.39 is 0 Å². The molecule has 6 nitrogen and oxygen atoms in total. The smallest absolute Gasteiger partial charge is 0.224 e. The third-order valence-electron chi connectivity index (χ3n) is 3.56. The molecule has 0 aliphatic carbocycles. The van der Waals surface area contributed by atoms with Gasteiger partial charge in [0.25, 0.3) is 0 Å². The Hall–Kier alpha value is -3.02. The van der Waals surface area contributed by atoms with E-state index in [4.69, 9.17) is 0 Å². The van der Waals surface area contributed by atoms with Crippen molar-refractivity contribution in [2.24, 2.45) is 0 Å². The Morgan fingerprint density at radius 3 is 2.87 bits per heavy atom. The van der Waals surface area contributed by atoms with E-state index in [1.54, 1.807) is 22.4 Å². The van der Waals surface area contributed by atoms with E-state index in [9.17, 15) is 4.79 Å². The highest BCUT2D eigenvalue weighted by atomic mass is 16.2. The molecule has 6 heteroatoms. The zero-order valence-electron chi connectivity index (χ0n) is 13.1. The maximum absolute atomic E-state index is 11.8. The van der Waals surface area contributed by atoms with Crippen LogP contribution in [0.5, 0.6) is 0 Å². The Kier molecular flexibility index (Phi) is 3.89. The molecule has 2 aromatic heterocycles. The summed E-state index contributed by atoms with van der Waals surface area (Å²) in [7, 11) is 0. The fraction of sp³-hybridized carbons (Fsp3) is 0.176. The second-order valence-corrected chi connectivity index (χ2v) is 5.20. The molecular formula is C17H17N5O. The van der Waals surface area contributed by atoms with Gasteiger partial charge in [0.15, 0.2) is 11.5 Å². The van der Waals surface area contributed by atoms with Gasteiger partial charge in [0.05, 0.1) is 5.69 Å². The molecule has 0 atom stereocenters. The maximum Gasteiger partial charge on any atom is 0.224 e. The molecule has 116 valence electrons. The van der Waals surface area contributed by atoms with Crippen LogP contribution in [0, 0.1) is 6.92 Å². The Morgan fingerprint density at radius 1 is 1.30 bits per heavy atom. The average molecular weight is 307 g/mol. The van der Waals surface area contributed by atoms with Crippen LogP contribution in [-0.2, 0) is 4.79 Å². The quantitative estimate of drug-likeness (QED) is 0.695. The molecule has 0 aliphatic heterocycles. The summed E-state index contributed by atoms with van der Waals surface area (Å²) in [4.78, 5) is 13.5. The third-order valence-corrected chi connectivity index (χ3v) is 3.56. The molecule has 0 spiro atoms. The fourth-order valence-corrected chi connectivity index (χ4v) is 2.43. The summed E-state index contributed by atoms with van der Waals surface area (Å²) in [6.45, 7) is 7.57. The van der Waals surface area contributed by atoms with Crippen molar-refractivity contribution in [3.05, 3.63) is 54.9 Å². The van der Waals surface area contributed by atoms with Crippen molar-refractivity contribution in [3.8, 4) is 11.3 Å². The van der Waals surface area contributed by atoms with Crippen LogP contribution in [0.3, 0.4) is 0 Å². The van der Waals surface area contributed by atoms with Crippen LogP contribution in [-0.4, -0.2) is 32.3 Å². The first-order valence-electron chi connectivity index (χ1n) is 7.28. The van der Waals surface area contributed by atoms with E-state index in [2.05, 4.69) is 21.9 Å². The number of carbonyl (C=O) groups excluding carboxylic acids is 1. The van der Waals surface area contributed by atoms with Crippen LogP contribution in [0.2, 0.25) is 0 Å². The molecule has 0 saturated heterocycles. The highest BCUT2D eigenvalue weighted by molar-refractivity contribution is 5.92. The fourth-order valence-electron chi connectivity index (χ4n) is 2.43. The van der Waals surface area contributed by atoms with Crippen LogP contribution >= 0.6 is 0 Å². The Morgan fingerprint density at radius 2 is 2.13 bits per heavy atom. The van der Waals surface area contributed by atoms with Gasteiger partial charge in [-0.2, -0.15) is 9.61 Å². The molecule has 0 N–H and O–H groups in total. The van der Waals surface area contributed by atoms with E-state index in [1.807, 2.05) is 43.3 Å². The molecule has 23 heavy (non-hydrogen) atoms. The second-order valence-electron chi connectivity index (χ2n) is 5.20. The maximum atomic E-state index is 11.8. The van der Waals surface area contributed by atoms with Crippen molar-refractivity contribution in [1.82, 2.24) is 19.8 Å². The Bertz CT molecular complexity index is 884. The molecule has 2 heterocycles. The van der Waals surface area contributed by atoms with E-state index in [0.717, 1.165) is 22.8 Å². The summed E-state index contributed by atoms with van der Waals surface area (Å²) in [5.41, 5.74) is 3.24. The molecule has 0 aliphatic rings. The predicted molar refractivity (Wildman–Crippen MR) is 89.2 cm³/mol. The minimum absolute atomic E-state index is 0.0277. The first kappa shape index (κ1) is 14.9. The number of nitrogens with zero attached hydrogens (tertiary/aromatic N) is 5. The standard InChI is InChI=1S/C17H17N5O/c1-4-10-21(13(3)23)15-7-5-6-14(11-15)16-8-9-17-19-18-12(2)22(17)20-16/h4-9,11H,1,10H2,2-3H3. The summed E-state index contributed by atoms with van der Waals surface area (Å²) in [6.07, 6.45) is 1.71. The van der Waals surface area contributed by atoms with Crippen molar-refractivity contribution in [3.63, 3.8) is 0 Å². The van der Waals surface area contributed by atoms with Gasteiger partial charge in [0, 0.05) is 24.7 Å². The topological polar surface area (TPSA) is 63.4 Å². The normalized spacial score (nSPS) is 10.7. The van der Waals surface area contributed by atoms with Gasteiger partial charge in [-0.05, 0) is 31.2 Å². The SMILES string of the molecule is C=CCN(C(C)=O)c1cccc(-c2ccc3nnc(C)n3n2)c1. The molecule has 0 fully saturated rings. The van der Waals surface area contributed by atoms with Crippen LogP contribution in [0.25, 0.3) is 16.9 Å². The Balaban J connectivity index is 2.05. The zero-order valence-corrected chi connectivity index (χ0v) is 13.1. The molecule has 0 bridgehead atoms. The summed E-state index contributed by atoms with van der Waals surface area (Å²) >= 11 is 0. The van der Waals surface area contributed by atoms with Crippen LogP contribution in [0.15, 0.2) is 49.1 Å². The van der Waals surface area contributed by atoms with E-state index >= 15 is 0 Å². The number of aryl methyl sites for hydroxylation is 1. The van der Waals surface area contributed by atoms with Gasteiger partial charge in [0.1, 0.15) is 0 Å². The lowest BCUT2D eigenvalue weighted by Crippen LogP contribution is -2.28. The van der Waals surface area contributed by atoms with Crippen molar-refractivity contribution in [2.75, 3.05) is 11.4 Å². The van der Waals surface area contributed by atoms with Gasteiger partial charge in [-0.15, -0.1) is 16.8 Å². The number of aromatic nitrogens is 4. The highest BCUT2D eigenvalue weighted by Gasteiger charge is 2.11. The summed E-state index contributed by atoms with van der Waals surface area (Å²) in [6, 6.07) is 11.5. The van der Waals surface area contributed by atoms with Crippen molar-refractivity contribution in [2.45, 2.75) is 13.8 Å². The molecule has 1 amide bonds. The number of carbonyl (C=O) groups is 1. The minimum atomic E-state index is -0.0277. The molecule has 0 radical (unpaired) electrons. The van der Waals surface area contributed by atoms with E-state index in [0.29, 0.717) is 12.2 Å². The highest BCUT2D eigenvalue weighted by Crippen LogP contribution is 2.24. The number of hydrogen-bond acceptors (Lipinski definition) is 4. The lowest BCUT2D eigenvalue weighted by atomic mass is 10.1. The first-order chi connectivity index (χ1) is 11.1. The third kappa shape index (κ3) is 2.83.